The normalized spacial score (nSPS) is 19.7. The van der Waals surface area contributed by atoms with Gasteiger partial charge in [-0.15, -0.1) is 0 Å². The molecule has 6 rings (SSSR count). The topological polar surface area (TPSA) is 29.1 Å². The summed E-state index contributed by atoms with van der Waals surface area (Å²) in [4.78, 5) is 13.5. The van der Waals surface area contributed by atoms with Crippen LogP contribution in [0.25, 0.3) is 23.3 Å². The molecule has 35 heavy (non-hydrogen) atoms. The van der Waals surface area contributed by atoms with Gasteiger partial charge in [0.25, 0.3) is 0 Å². The summed E-state index contributed by atoms with van der Waals surface area (Å²) in [5.41, 5.74) is 5.57. The van der Waals surface area contributed by atoms with Gasteiger partial charge in [-0.3, -0.25) is 4.79 Å². The van der Waals surface area contributed by atoms with Gasteiger partial charge in [0, 0.05) is 29.3 Å². The Morgan fingerprint density at radius 2 is 1.74 bits per heavy atom. The number of hydrogen-bond acceptors (Lipinski definition) is 2. The zero-order chi connectivity index (χ0) is 23.9. The predicted molar refractivity (Wildman–Crippen MR) is 135 cm³/mol. The third-order valence-electron chi connectivity index (χ3n) is 7.10. The van der Waals surface area contributed by atoms with Crippen LogP contribution < -0.4 is 15.8 Å². The van der Waals surface area contributed by atoms with Crippen LogP contribution in [-0.2, 0) is 6.42 Å². The first-order valence-corrected chi connectivity index (χ1v) is 11.8. The Balaban J connectivity index is 1.54. The van der Waals surface area contributed by atoms with E-state index in [1.807, 2.05) is 42.6 Å². The van der Waals surface area contributed by atoms with Crippen molar-refractivity contribution in [3.05, 3.63) is 130 Å². The fourth-order valence-electron chi connectivity index (χ4n) is 5.48. The Morgan fingerprint density at radius 3 is 2.63 bits per heavy atom. The zero-order valence-corrected chi connectivity index (χ0v) is 19.0. The first-order valence-electron chi connectivity index (χ1n) is 11.8. The van der Waals surface area contributed by atoms with Crippen LogP contribution in [-0.4, -0.2) is 5.78 Å². The third-order valence-corrected chi connectivity index (χ3v) is 7.10. The van der Waals surface area contributed by atoms with E-state index in [0.29, 0.717) is 18.4 Å². The summed E-state index contributed by atoms with van der Waals surface area (Å²) in [6.07, 6.45) is 15.2. The molecule has 0 saturated carbocycles. The Labute approximate surface area is 202 Å². The second-order valence-corrected chi connectivity index (χ2v) is 9.19. The Bertz CT molecular complexity index is 1580. The van der Waals surface area contributed by atoms with Crippen LogP contribution in [0.1, 0.15) is 33.8 Å². The van der Waals surface area contributed by atoms with Crippen LogP contribution in [0, 0.1) is 17.6 Å². The van der Waals surface area contributed by atoms with E-state index in [4.69, 9.17) is 0 Å². The maximum Gasteiger partial charge on any atom is 0.169 e. The zero-order valence-electron chi connectivity index (χ0n) is 19.0. The van der Waals surface area contributed by atoms with E-state index in [2.05, 4.69) is 23.5 Å². The van der Waals surface area contributed by atoms with Gasteiger partial charge < -0.3 is 5.32 Å². The predicted octanol–water partition coefficient (Wildman–Crippen LogP) is 5.29. The van der Waals surface area contributed by atoms with Crippen molar-refractivity contribution >= 4 is 17.9 Å². The largest absolute Gasteiger partial charge is 0.364 e. The Morgan fingerprint density at radius 1 is 0.886 bits per heavy atom. The van der Waals surface area contributed by atoms with E-state index in [1.165, 1.54) is 18.2 Å². The number of Topliss-reactive ketones (excluding diaryl/α,β-unsaturated/α-hetero) is 1. The molecule has 0 saturated heterocycles. The molecular weight excluding hydrogens is 440 g/mol. The van der Waals surface area contributed by atoms with Gasteiger partial charge in [0.15, 0.2) is 5.78 Å². The molecule has 3 aliphatic rings. The molecule has 1 aliphatic heterocycles. The van der Waals surface area contributed by atoms with Crippen LogP contribution in [0.2, 0.25) is 0 Å². The van der Waals surface area contributed by atoms with Crippen molar-refractivity contribution in [2.24, 2.45) is 5.92 Å². The number of rotatable bonds is 3. The number of allylic oxidation sites excluding steroid dienone is 5. The smallest absolute Gasteiger partial charge is 0.169 e. The highest BCUT2D eigenvalue weighted by molar-refractivity contribution is 6.01. The molecule has 0 spiro atoms. The first kappa shape index (κ1) is 21.5. The van der Waals surface area contributed by atoms with Gasteiger partial charge in [-0.05, 0) is 82.0 Å². The summed E-state index contributed by atoms with van der Waals surface area (Å²) in [6, 6.07) is 15.1. The summed E-state index contributed by atoms with van der Waals surface area (Å²) in [6.45, 7) is 0. The molecule has 4 heteroatoms. The van der Waals surface area contributed by atoms with E-state index >= 15 is 0 Å². The molecule has 3 aromatic carbocycles. The fraction of sp³-hybridized carbons (Fsp3) is 0.129. The molecule has 2 atom stereocenters. The van der Waals surface area contributed by atoms with Crippen LogP contribution in [0.15, 0.2) is 90.8 Å². The highest BCUT2D eigenvalue weighted by Gasteiger charge is 2.31. The van der Waals surface area contributed by atoms with Gasteiger partial charge in [-0.2, -0.15) is 0 Å². The number of nitrogens with one attached hydrogen (secondary N) is 1. The molecule has 2 unspecified atom stereocenters. The maximum absolute atomic E-state index is 13.9. The summed E-state index contributed by atoms with van der Waals surface area (Å²) in [5.74, 6) is -1.17. The van der Waals surface area contributed by atoms with Crippen molar-refractivity contribution in [2.75, 3.05) is 0 Å². The monoisotopic (exact) mass is 463 g/mol. The molecule has 2 aliphatic carbocycles. The van der Waals surface area contributed by atoms with E-state index < -0.39 is 11.7 Å². The average molecular weight is 464 g/mol. The molecule has 3 aromatic rings. The molecule has 0 fully saturated rings. The Kier molecular flexibility index (Phi) is 5.29. The molecule has 1 heterocycles. The van der Waals surface area contributed by atoms with Crippen LogP contribution in [0.5, 0.6) is 0 Å². The maximum atomic E-state index is 13.9. The van der Waals surface area contributed by atoms with Gasteiger partial charge in [0.1, 0.15) is 11.6 Å². The molecular formula is C31H23F2NO. The summed E-state index contributed by atoms with van der Waals surface area (Å²) in [5, 5.41) is 5.49. The second kappa shape index (κ2) is 8.62. The molecule has 2 nitrogen and oxygen atoms in total. The number of carbonyl (C=O) groups excluding carboxylic acids is 1. The number of fused-ring (bicyclic) bond motifs is 5. The number of ketones is 1. The summed E-state index contributed by atoms with van der Waals surface area (Å²) in [7, 11) is 0. The van der Waals surface area contributed by atoms with Crippen molar-refractivity contribution < 1.29 is 13.6 Å². The van der Waals surface area contributed by atoms with E-state index in [9.17, 15) is 13.6 Å². The third kappa shape index (κ3) is 3.85. The first-order chi connectivity index (χ1) is 17.1. The molecule has 1 N–H and O–H groups in total. The van der Waals surface area contributed by atoms with Crippen LogP contribution >= 0.6 is 0 Å². The quantitative estimate of drug-likeness (QED) is 0.535. The molecule has 0 radical (unpaired) electrons. The van der Waals surface area contributed by atoms with Crippen molar-refractivity contribution in [1.29, 1.82) is 0 Å². The molecule has 172 valence electrons. The van der Waals surface area contributed by atoms with Gasteiger partial charge in [-0.1, -0.05) is 54.6 Å². The van der Waals surface area contributed by atoms with Gasteiger partial charge in [0.05, 0.1) is 0 Å². The summed E-state index contributed by atoms with van der Waals surface area (Å²) >= 11 is 0. The van der Waals surface area contributed by atoms with Crippen molar-refractivity contribution in [3.63, 3.8) is 0 Å². The number of hydrogen-bond donors (Lipinski definition) is 1. The van der Waals surface area contributed by atoms with E-state index in [1.54, 1.807) is 18.2 Å². The number of carbonyl (C=O) groups is 1. The highest BCUT2D eigenvalue weighted by atomic mass is 19.1. The summed E-state index contributed by atoms with van der Waals surface area (Å²) < 4.78 is 27.8. The lowest BCUT2D eigenvalue weighted by Gasteiger charge is -2.30. The lowest BCUT2D eigenvalue weighted by molar-refractivity contribution is 0.0943. The van der Waals surface area contributed by atoms with Crippen LogP contribution in [0.3, 0.4) is 0 Å². The Hall–Kier alpha value is -4.05. The molecule has 0 bridgehead atoms. The van der Waals surface area contributed by atoms with Crippen molar-refractivity contribution in [1.82, 2.24) is 5.32 Å². The number of halogens is 2. The lowest BCUT2D eigenvalue weighted by atomic mass is 9.75. The second-order valence-electron chi connectivity index (χ2n) is 9.19. The van der Waals surface area contributed by atoms with Gasteiger partial charge >= 0.3 is 0 Å². The lowest BCUT2D eigenvalue weighted by Crippen LogP contribution is -2.40. The minimum atomic E-state index is -0.415. The highest BCUT2D eigenvalue weighted by Crippen LogP contribution is 2.35. The van der Waals surface area contributed by atoms with Gasteiger partial charge in [0.2, 0.25) is 0 Å². The van der Waals surface area contributed by atoms with E-state index in [-0.39, 0.29) is 17.5 Å². The van der Waals surface area contributed by atoms with Gasteiger partial charge in [-0.25, -0.2) is 8.78 Å². The average Bonchev–Trinajstić information content (AvgIpc) is 3.16. The van der Waals surface area contributed by atoms with E-state index in [0.717, 1.165) is 38.4 Å². The van der Waals surface area contributed by atoms with Crippen LogP contribution in [0.4, 0.5) is 8.78 Å². The fourth-order valence-corrected chi connectivity index (χ4v) is 5.48. The number of benzene rings is 3. The SMILES string of the molecule is O=C(c1cccc(F)c1)C1C=c2c(ccc3c2=CCc2cc(F)ccc2-3)C(C2=CC=CC=CN2)C1. The van der Waals surface area contributed by atoms with Crippen molar-refractivity contribution in [3.8, 4) is 11.1 Å². The molecule has 0 amide bonds. The van der Waals surface area contributed by atoms with Crippen molar-refractivity contribution in [2.45, 2.75) is 18.8 Å². The molecule has 0 aromatic heterocycles. The standard InChI is InChI=1S/C31H23F2NO/c32-22-6-4-5-20(16-22)31(35)21-17-28-26-10-8-19-15-23(33)9-11-24(19)25(26)12-13-27(28)29(18-21)30-7-2-1-3-14-34-30/h1-7,9-17,21,29,34H,8,18H2. The minimum absolute atomic E-state index is 0.0294. The minimum Gasteiger partial charge on any atom is -0.364 e.